The Balaban J connectivity index is 1.71. The zero-order chi connectivity index (χ0) is 16.1. The van der Waals surface area contributed by atoms with Gasteiger partial charge in [-0.25, -0.2) is 0 Å². The molecule has 1 aromatic rings. The van der Waals surface area contributed by atoms with Gasteiger partial charge in [-0.15, -0.1) is 0 Å². The highest BCUT2D eigenvalue weighted by molar-refractivity contribution is 6.05. The molecule has 2 aliphatic rings. The van der Waals surface area contributed by atoms with Crippen molar-refractivity contribution in [2.45, 2.75) is 69.7 Å². The fourth-order valence-electron chi connectivity index (χ4n) is 3.86. The third-order valence-electron chi connectivity index (χ3n) is 5.13. The second-order valence-electron chi connectivity index (χ2n) is 6.93. The van der Waals surface area contributed by atoms with Gasteiger partial charge in [-0.2, -0.15) is 0 Å². The molecule has 3 rings (SSSR count). The lowest BCUT2D eigenvalue weighted by Gasteiger charge is -2.24. The number of ether oxygens (including phenoxy) is 1. The molecule has 0 N–H and O–H groups in total. The summed E-state index contributed by atoms with van der Waals surface area (Å²) in [5.41, 5.74) is 2.36. The molecule has 0 amide bonds. The van der Waals surface area contributed by atoms with Gasteiger partial charge in [0.15, 0.2) is 0 Å². The molecular formula is C20H27NO2. The monoisotopic (exact) mass is 313 g/mol. The van der Waals surface area contributed by atoms with Crippen LogP contribution in [-0.4, -0.2) is 24.6 Å². The second-order valence-corrected chi connectivity index (χ2v) is 6.93. The molecule has 0 aliphatic heterocycles. The van der Waals surface area contributed by atoms with E-state index in [0.29, 0.717) is 24.7 Å². The van der Waals surface area contributed by atoms with Gasteiger partial charge in [0.05, 0.1) is 7.11 Å². The molecule has 2 aliphatic carbocycles. The summed E-state index contributed by atoms with van der Waals surface area (Å²) < 4.78 is 5.22. The first-order chi connectivity index (χ1) is 11.2. The quantitative estimate of drug-likeness (QED) is 0.759. The minimum atomic E-state index is 0.284. The number of carbonyl (C=O) groups is 1. The Morgan fingerprint density at radius 1 is 1.00 bits per heavy atom. The Morgan fingerprint density at radius 2 is 1.70 bits per heavy atom. The number of methoxy groups -OCH3 is 1. The van der Waals surface area contributed by atoms with Crippen molar-refractivity contribution in [3.63, 3.8) is 0 Å². The third kappa shape index (κ3) is 4.43. The van der Waals surface area contributed by atoms with E-state index in [1.807, 2.05) is 12.1 Å². The molecule has 0 bridgehead atoms. The summed E-state index contributed by atoms with van der Waals surface area (Å²) in [6.07, 6.45) is 9.82. The van der Waals surface area contributed by atoms with E-state index in [1.165, 1.54) is 44.1 Å². The fourth-order valence-corrected chi connectivity index (χ4v) is 3.86. The Bertz CT molecular complexity index is 554. The lowest BCUT2D eigenvalue weighted by molar-refractivity contribution is -0.118. The molecule has 1 unspecified atom stereocenters. The van der Waals surface area contributed by atoms with Crippen LogP contribution in [0.15, 0.2) is 29.3 Å². The first-order valence-corrected chi connectivity index (χ1v) is 8.96. The largest absolute Gasteiger partial charge is 0.497 e. The lowest BCUT2D eigenvalue weighted by atomic mass is 9.82. The molecule has 1 aromatic carbocycles. The average molecular weight is 313 g/mol. The van der Waals surface area contributed by atoms with Gasteiger partial charge in [-0.05, 0) is 42.9 Å². The Hall–Kier alpha value is -1.64. The van der Waals surface area contributed by atoms with Gasteiger partial charge in [-0.3, -0.25) is 9.79 Å². The molecule has 0 spiro atoms. The van der Waals surface area contributed by atoms with E-state index in [2.05, 4.69) is 12.1 Å². The first kappa shape index (κ1) is 16.2. The third-order valence-corrected chi connectivity index (χ3v) is 5.13. The van der Waals surface area contributed by atoms with Crippen molar-refractivity contribution in [3.05, 3.63) is 29.8 Å². The van der Waals surface area contributed by atoms with Gasteiger partial charge >= 0.3 is 0 Å². The smallest absolute Gasteiger partial charge is 0.139 e. The minimum Gasteiger partial charge on any atom is -0.497 e. The lowest BCUT2D eigenvalue weighted by Crippen LogP contribution is -2.23. The van der Waals surface area contributed by atoms with Crippen LogP contribution >= 0.6 is 0 Å². The van der Waals surface area contributed by atoms with Gasteiger partial charge in [0.2, 0.25) is 0 Å². The van der Waals surface area contributed by atoms with E-state index in [1.54, 1.807) is 7.11 Å². The molecule has 2 saturated carbocycles. The molecule has 124 valence electrons. The molecule has 1 atom stereocenters. The van der Waals surface area contributed by atoms with Crippen molar-refractivity contribution in [3.8, 4) is 5.75 Å². The fraction of sp³-hybridized carbons (Fsp3) is 0.600. The summed E-state index contributed by atoms with van der Waals surface area (Å²) in [5.74, 6) is 1.49. The minimum absolute atomic E-state index is 0.284. The highest BCUT2D eigenvalue weighted by Gasteiger charge is 2.26. The molecular weight excluding hydrogens is 286 g/mol. The summed E-state index contributed by atoms with van der Waals surface area (Å²) in [5, 5.41) is 0. The maximum atomic E-state index is 12.2. The summed E-state index contributed by atoms with van der Waals surface area (Å²) in [6, 6.07) is 8.60. The maximum absolute atomic E-state index is 12.2. The van der Waals surface area contributed by atoms with E-state index in [-0.39, 0.29) is 5.92 Å². The highest BCUT2D eigenvalue weighted by Crippen LogP contribution is 2.32. The Labute approximate surface area is 139 Å². The number of hydrogen-bond acceptors (Lipinski definition) is 3. The van der Waals surface area contributed by atoms with Gasteiger partial charge < -0.3 is 4.74 Å². The number of hydrogen-bond donors (Lipinski definition) is 0. The van der Waals surface area contributed by atoms with Crippen LogP contribution in [0, 0.1) is 0 Å². The van der Waals surface area contributed by atoms with E-state index >= 15 is 0 Å². The molecule has 23 heavy (non-hydrogen) atoms. The van der Waals surface area contributed by atoms with Crippen molar-refractivity contribution in [1.82, 2.24) is 0 Å². The maximum Gasteiger partial charge on any atom is 0.139 e. The summed E-state index contributed by atoms with van der Waals surface area (Å²) in [7, 11) is 1.68. The molecule has 0 aromatic heterocycles. The SMILES string of the molecule is COc1ccc(C2CC(=O)CC(=NC3CCCCCC3)C2)cc1. The molecule has 0 saturated heterocycles. The Kier molecular flexibility index (Phi) is 5.47. The van der Waals surface area contributed by atoms with Crippen LogP contribution in [0.4, 0.5) is 0 Å². The highest BCUT2D eigenvalue weighted by atomic mass is 16.5. The number of rotatable bonds is 3. The van der Waals surface area contributed by atoms with Crippen LogP contribution in [0.2, 0.25) is 0 Å². The van der Waals surface area contributed by atoms with E-state index in [9.17, 15) is 4.79 Å². The number of Topliss-reactive ketones (excluding diaryl/α,β-unsaturated/α-hetero) is 1. The van der Waals surface area contributed by atoms with Crippen molar-refractivity contribution in [2.75, 3.05) is 7.11 Å². The van der Waals surface area contributed by atoms with Crippen LogP contribution in [0.25, 0.3) is 0 Å². The van der Waals surface area contributed by atoms with Crippen molar-refractivity contribution in [2.24, 2.45) is 4.99 Å². The van der Waals surface area contributed by atoms with Crippen LogP contribution in [0.5, 0.6) is 5.75 Å². The number of aliphatic imine (C=N–C) groups is 1. The topological polar surface area (TPSA) is 38.7 Å². The van der Waals surface area contributed by atoms with Gasteiger partial charge in [0.1, 0.15) is 11.5 Å². The van der Waals surface area contributed by atoms with Crippen molar-refractivity contribution >= 4 is 11.5 Å². The first-order valence-electron chi connectivity index (χ1n) is 8.96. The van der Waals surface area contributed by atoms with Crippen LogP contribution < -0.4 is 4.74 Å². The number of benzene rings is 1. The zero-order valence-electron chi connectivity index (χ0n) is 14.1. The molecule has 3 nitrogen and oxygen atoms in total. The molecule has 0 radical (unpaired) electrons. The van der Waals surface area contributed by atoms with Crippen LogP contribution in [-0.2, 0) is 4.79 Å². The second kappa shape index (κ2) is 7.76. The number of ketones is 1. The summed E-state index contributed by atoms with van der Waals surface area (Å²) in [6.45, 7) is 0. The molecule has 2 fully saturated rings. The van der Waals surface area contributed by atoms with Crippen LogP contribution in [0.1, 0.15) is 69.3 Å². The average Bonchev–Trinajstić information content (AvgIpc) is 2.83. The van der Waals surface area contributed by atoms with Gasteiger partial charge in [0.25, 0.3) is 0 Å². The standard InChI is InChI=1S/C20H27NO2/c1-23-20-10-8-15(9-11-20)16-12-18(14-19(22)13-16)21-17-6-4-2-3-5-7-17/h8-11,16-17H,2-7,12-14H2,1H3. The predicted octanol–water partition coefficient (Wildman–Crippen LogP) is 4.70. The normalized spacial score (nSPS) is 25.3. The zero-order valence-corrected chi connectivity index (χ0v) is 14.1. The van der Waals surface area contributed by atoms with Gasteiger partial charge in [-0.1, -0.05) is 37.8 Å². The molecule has 0 heterocycles. The van der Waals surface area contributed by atoms with E-state index in [0.717, 1.165) is 17.9 Å². The van der Waals surface area contributed by atoms with E-state index < -0.39 is 0 Å². The molecule has 3 heteroatoms. The van der Waals surface area contributed by atoms with Crippen molar-refractivity contribution < 1.29 is 9.53 Å². The Morgan fingerprint density at radius 3 is 2.35 bits per heavy atom. The summed E-state index contributed by atoms with van der Waals surface area (Å²) >= 11 is 0. The van der Waals surface area contributed by atoms with Crippen LogP contribution in [0.3, 0.4) is 0 Å². The van der Waals surface area contributed by atoms with Crippen molar-refractivity contribution in [1.29, 1.82) is 0 Å². The number of carbonyl (C=O) groups excluding carboxylic acids is 1. The number of nitrogens with zero attached hydrogens (tertiary/aromatic N) is 1. The summed E-state index contributed by atoms with van der Waals surface area (Å²) in [4.78, 5) is 17.2. The van der Waals surface area contributed by atoms with Gasteiger partial charge in [0, 0.05) is 24.6 Å². The van der Waals surface area contributed by atoms with E-state index in [4.69, 9.17) is 9.73 Å². The predicted molar refractivity (Wildman–Crippen MR) is 93.5 cm³/mol.